The van der Waals surface area contributed by atoms with Crippen molar-refractivity contribution in [3.8, 4) is 0 Å². The van der Waals surface area contributed by atoms with E-state index in [1.165, 1.54) is 0 Å². The van der Waals surface area contributed by atoms with Crippen LogP contribution in [0.3, 0.4) is 0 Å². The summed E-state index contributed by atoms with van der Waals surface area (Å²) in [6.45, 7) is 0. The molecule has 1 nitrogen and oxygen atoms in total. The summed E-state index contributed by atoms with van der Waals surface area (Å²) in [5, 5.41) is 0.444. The summed E-state index contributed by atoms with van der Waals surface area (Å²) in [5.74, 6) is 0. The molecule has 1 aromatic rings. The molecular formula is C10H10BrClF3N. The van der Waals surface area contributed by atoms with Crippen LogP contribution in [0.15, 0.2) is 22.7 Å². The van der Waals surface area contributed by atoms with Gasteiger partial charge in [-0.05, 0) is 40.0 Å². The molecule has 1 unspecified atom stereocenters. The smallest absolute Gasteiger partial charge is 0.324 e. The fraction of sp³-hybridized carbons (Fsp3) is 0.400. The lowest BCUT2D eigenvalue weighted by Gasteiger charge is -2.14. The van der Waals surface area contributed by atoms with Crippen molar-refractivity contribution < 1.29 is 13.2 Å². The van der Waals surface area contributed by atoms with Crippen molar-refractivity contribution in [3.63, 3.8) is 0 Å². The SMILES string of the molecule is NC(CCC(F)(F)F)c1ccc(Br)c(Cl)c1. The van der Waals surface area contributed by atoms with Crippen LogP contribution < -0.4 is 5.73 Å². The second-order valence-electron chi connectivity index (χ2n) is 3.43. The number of halogens is 5. The highest BCUT2D eigenvalue weighted by Gasteiger charge is 2.27. The zero-order valence-corrected chi connectivity index (χ0v) is 10.5. The summed E-state index contributed by atoms with van der Waals surface area (Å²) >= 11 is 9.02. The number of rotatable bonds is 3. The molecule has 6 heteroatoms. The molecular weight excluding hydrogens is 306 g/mol. The van der Waals surface area contributed by atoms with Crippen LogP contribution in [0.4, 0.5) is 13.2 Å². The molecule has 2 N–H and O–H groups in total. The predicted molar refractivity (Wildman–Crippen MR) is 61.4 cm³/mol. The van der Waals surface area contributed by atoms with Crippen LogP contribution in [0.2, 0.25) is 5.02 Å². The number of nitrogens with two attached hydrogens (primary N) is 1. The van der Waals surface area contributed by atoms with E-state index < -0.39 is 18.6 Å². The molecule has 1 aromatic carbocycles. The van der Waals surface area contributed by atoms with Gasteiger partial charge in [-0.15, -0.1) is 0 Å². The van der Waals surface area contributed by atoms with E-state index in [1.807, 2.05) is 0 Å². The van der Waals surface area contributed by atoms with Gasteiger partial charge < -0.3 is 5.73 Å². The average Bonchev–Trinajstić information content (AvgIpc) is 2.17. The van der Waals surface area contributed by atoms with Gasteiger partial charge in [-0.2, -0.15) is 13.2 Å². The van der Waals surface area contributed by atoms with E-state index in [0.717, 1.165) is 0 Å². The molecule has 0 aliphatic carbocycles. The number of hydrogen-bond acceptors (Lipinski definition) is 1. The van der Waals surface area contributed by atoms with E-state index in [-0.39, 0.29) is 6.42 Å². The molecule has 16 heavy (non-hydrogen) atoms. The monoisotopic (exact) mass is 315 g/mol. The van der Waals surface area contributed by atoms with Gasteiger partial charge in [0.1, 0.15) is 0 Å². The van der Waals surface area contributed by atoms with Gasteiger partial charge in [0.25, 0.3) is 0 Å². The Bertz CT molecular complexity index is 368. The van der Waals surface area contributed by atoms with Gasteiger partial charge in [-0.1, -0.05) is 17.7 Å². The third-order valence-electron chi connectivity index (χ3n) is 2.11. The van der Waals surface area contributed by atoms with Crippen molar-refractivity contribution in [2.45, 2.75) is 25.1 Å². The maximum Gasteiger partial charge on any atom is 0.389 e. The van der Waals surface area contributed by atoms with Crippen molar-refractivity contribution in [1.82, 2.24) is 0 Å². The number of benzene rings is 1. The third-order valence-corrected chi connectivity index (χ3v) is 3.34. The first-order chi connectivity index (χ1) is 7.29. The quantitative estimate of drug-likeness (QED) is 0.876. The fourth-order valence-electron chi connectivity index (χ4n) is 1.23. The van der Waals surface area contributed by atoms with Crippen LogP contribution in [-0.2, 0) is 0 Å². The Morgan fingerprint density at radius 1 is 1.38 bits per heavy atom. The highest BCUT2D eigenvalue weighted by molar-refractivity contribution is 9.10. The Morgan fingerprint density at radius 2 is 2.00 bits per heavy atom. The first-order valence-electron chi connectivity index (χ1n) is 4.57. The first-order valence-corrected chi connectivity index (χ1v) is 5.74. The second-order valence-corrected chi connectivity index (χ2v) is 4.70. The topological polar surface area (TPSA) is 26.0 Å². The van der Waals surface area contributed by atoms with Crippen molar-refractivity contribution in [2.75, 3.05) is 0 Å². The van der Waals surface area contributed by atoms with Crippen LogP contribution >= 0.6 is 27.5 Å². The van der Waals surface area contributed by atoms with Crippen molar-refractivity contribution in [1.29, 1.82) is 0 Å². The zero-order valence-electron chi connectivity index (χ0n) is 8.19. The average molecular weight is 317 g/mol. The molecule has 0 spiro atoms. The van der Waals surface area contributed by atoms with Crippen LogP contribution in [0, 0.1) is 0 Å². The van der Waals surface area contributed by atoms with Crippen LogP contribution in [0.5, 0.6) is 0 Å². The molecule has 1 atom stereocenters. The minimum Gasteiger partial charge on any atom is -0.324 e. The Morgan fingerprint density at radius 3 is 2.50 bits per heavy atom. The van der Waals surface area contributed by atoms with Gasteiger partial charge >= 0.3 is 6.18 Å². The molecule has 0 saturated heterocycles. The normalized spacial score (nSPS) is 13.9. The van der Waals surface area contributed by atoms with Crippen LogP contribution in [-0.4, -0.2) is 6.18 Å². The van der Waals surface area contributed by atoms with E-state index in [4.69, 9.17) is 17.3 Å². The van der Waals surface area contributed by atoms with E-state index in [1.54, 1.807) is 18.2 Å². The van der Waals surface area contributed by atoms with E-state index in [9.17, 15) is 13.2 Å². The highest BCUT2D eigenvalue weighted by atomic mass is 79.9. The zero-order chi connectivity index (χ0) is 12.3. The summed E-state index contributed by atoms with van der Waals surface area (Å²) in [4.78, 5) is 0. The predicted octanol–water partition coefficient (Wildman–Crippen LogP) is 4.44. The molecule has 0 radical (unpaired) electrons. The minimum absolute atomic E-state index is 0.137. The van der Waals surface area contributed by atoms with E-state index in [0.29, 0.717) is 15.1 Å². The van der Waals surface area contributed by atoms with Crippen molar-refractivity contribution in [3.05, 3.63) is 33.3 Å². The summed E-state index contributed by atoms with van der Waals surface area (Å²) < 4.78 is 36.7. The first kappa shape index (κ1) is 13.8. The Hall–Kier alpha value is -0.260. The highest BCUT2D eigenvalue weighted by Crippen LogP contribution is 2.29. The minimum atomic E-state index is -4.17. The molecule has 0 fully saturated rings. The fourth-order valence-corrected chi connectivity index (χ4v) is 1.66. The van der Waals surface area contributed by atoms with Gasteiger partial charge in [0.2, 0.25) is 0 Å². The lowest BCUT2D eigenvalue weighted by molar-refractivity contribution is -0.136. The molecule has 0 heterocycles. The molecule has 1 rings (SSSR count). The second kappa shape index (κ2) is 5.38. The van der Waals surface area contributed by atoms with Gasteiger partial charge in [-0.3, -0.25) is 0 Å². The molecule has 0 amide bonds. The molecule has 90 valence electrons. The van der Waals surface area contributed by atoms with Crippen molar-refractivity contribution >= 4 is 27.5 Å². The maximum absolute atomic E-state index is 12.0. The van der Waals surface area contributed by atoms with Gasteiger partial charge in [0, 0.05) is 16.9 Å². The number of hydrogen-bond donors (Lipinski definition) is 1. The molecule has 0 aliphatic heterocycles. The van der Waals surface area contributed by atoms with Crippen molar-refractivity contribution in [2.24, 2.45) is 5.73 Å². The van der Waals surface area contributed by atoms with Gasteiger partial charge in [-0.25, -0.2) is 0 Å². The summed E-state index contributed by atoms with van der Waals surface area (Å²) in [6, 6.07) is 4.27. The lowest BCUT2D eigenvalue weighted by atomic mass is 10.0. The largest absolute Gasteiger partial charge is 0.389 e. The molecule has 0 saturated carbocycles. The Labute approximate surface area is 105 Å². The van der Waals surface area contributed by atoms with Crippen LogP contribution in [0.25, 0.3) is 0 Å². The maximum atomic E-state index is 12.0. The molecule has 0 aliphatic rings. The molecule has 0 aromatic heterocycles. The lowest BCUT2D eigenvalue weighted by Crippen LogP contribution is -2.15. The Balaban J connectivity index is 2.66. The van der Waals surface area contributed by atoms with Crippen LogP contribution in [0.1, 0.15) is 24.4 Å². The van der Waals surface area contributed by atoms with E-state index in [2.05, 4.69) is 15.9 Å². The number of alkyl halides is 3. The summed E-state index contributed by atoms with van der Waals surface area (Å²) in [7, 11) is 0. The summed E-state index contributed by atoms with van der Waals surface area (Å²) in [5.41, 5.74) is 6.26. The Kier molecular flexibility index (Phi) is 4.64. The van der Waals surface area contributed by atoms with Gasteiger partial charge in [0.05, 0.1) is 5.02 Å². The molecule has 0 bridgehead atoms. The van der Waals surface area contributed by atoms with Gasteiger partial charge in [0.15, 0.2) is 0 Å². The summed E-state index contributed by atoms with van der Waals surface area (Å²) in [6.07, 6.45) is -5.19. The third kappa shape index (κ3) is 4.31. The standard InChI is InChI=1S/C10H10BrClF3N/c11-7-2-1-6(5-8(7)12)9(16)3-4-10(13,14)15/h1-2,5,9H,3-4,16H2. The van der Waals surface area contributed by atoms with E-state index >= 15 is 0 Å².